The molecule has 2 amide bonds. The number of benzene rings is 1. The number of methoxy groups -OCH3 is 1. The van der Waals surface area contributed by atoms with Crippen molar-refractivity contribution >= 4 is 39.8 Å². The molecular weight excluding hydrogens is 354 g/mol. The fourth-order valence-corrected chi connectivity index (χ4v) is 3.78. The van der Waals surface area contributed by atoms with Gasteiger partial charge in [-0.1, -0.05) is 12.1 Å². The topological polar surface area (TPSA) is 102 Å². The number of thiophene rings is 1. The van der Waals surface area contributed by atoms with Gasteiger partial charge in [-0.3, -0.25) is 9.59 Å². The molecule has 8 heteroatoms. The summed E-state index contributed by atoms with van der Waals surface area (Å²) in [4.78, 5) is 38.2. The van der Waals surface area contributed by atoms with E-state index in [4.69, 9.17) is 10.5 Å². The monoisotopic (exact) mass is 373 g/mol. The molecule has 26 heavy (non-hydrogen) atoms. The molecule has 3 N–H and O–H groups in total. The van der Waals surface area contributed by atoms with Gasteiger partial charge < -0.3 is 20.7 Å². The van der Waals surface area contributed by atoms with Gasteiger partial charge in [-0.05, 0) is 35.6 Å². The highest BCUT2D eigenvalue weighted by Gasteiger charge is 2.36. The Labute approximate surface area is 154 Å². The standard InChI is InChI=1S/C18H19N3O4S/c1-25-18(24)13-7-9-26-17(13)21-8-6-14(16(21)23)20-15(22)10-11-2-4-12(19)5-3-11/h2-5,7,9,14H,6,8,10,19H2,1H3,(H,20,22). The lowest BCUT2D eigenvalue weighted by Gasteiger charge is -2.17. The zero-order chi connectivity index (χ0) is 18.7. The number of nitrogens with zero attached hydrogens (tertiary/aromatic N) is 1. The summed E-state index contributed by atoms with van der Waals surface area (Å²) in [6, 6.07) is 8.07. The zero-order valence-corrected chi connectivity index (χ0v) is 15.0. The number of nitrogen functional groups attached to an aromatic ring is 1. The summed E-state index contributed by atoms with van der Waals surface area (Å²) in [5.74, 6) is -0.928. The zero-order valence-electron chi connectivity index (χ0n) is 14.2. The molecular formula is C18H19N3O4S. The Hall–Kier alpha value is -2.87. The SMILES string of the molecule is COC(=O)c1ccsc1N1CCC(NC(=O)Cc2ccc(N)cc2)C1=O. The second-order valence-electron chi connectivity index (χ2n) is 5.95. The largest absolute Gasteiger partial charge is 0.465 e. The third-order valence-corrected chi connectivity index (χ3v) is 5.12. The number of hydrogen-bond donors (Lipinski definition) is 2. The first-order valence-corrected chi connectivity index (χ1v) is 8.98. The molecule has 7 nitrogen and oxygen atoms in total. The number of carbonyl (C=O) groups excluding carboxylic acids is 3. The fraction of sp³-hybridized carbons (Fsp3) is 0.278. The van der Waals surface area contributed by atoms with Gasteiger partial charge in [0, 0.05) is 12.2 Å². The number of rotatable bonds is 5. The Balaban J connectivity index is 1.64. The Kier molecular flexibility index (Phi) is 5.22. The van der Waals surface area contributed by atoms with Crippen LogP contribution >= 0.6 is 11.3 Å². The van der Waals surface area contributed by atoms with Crippen LogP contribution in [-0.4, -0.2) is 37.5 Å². The molecule has 1 unspecified atom stereocenters. The normalized spacial score (nSPS) is 16.6. The number of hydrogen-bond acceptors (Lipinski definition) is 6. The highest BCUT2D eigenvalue weighted by molar-refractivity contribution is 7.14. The van der Waals surface area contributed by atoms with Crippen LogP contribution in [0, 0.1) is 0 Å². The van der Waals surface area contributed by atoms with Crippen molar-refractivity contribution < 1.29 is 19.1 Å². The van der Waals surface area contributed by atoms with Crippen LogP contribution in [0.25, 0.3) is 0 Å². The highest BCUT2D eigenvalue weighted by Crippen LogP contribution is 2.31. The number of carbonyl (C=O) groups is 3. The summed E-state index contributed by atoms with van der Waals surface area (Å²) in [5, 5.41) is 5.06. The lowest BCUT2D eigenvalue weighted by atomic mass is 10.1. The lowest BCUT2D eigenvalue weighted by molar-refractivity contribution is -0.126. The minimum Gasteiger partial charge on any atom is -0.465 e. The molecule has 0 aliphatic carbocycles. The molecule has 1 aromatic heterocycles. The van der Waals surface area contributed by atoms with Gasteiger partial charge in [0.1, 0.15) is 11.0 Å². The number of esters is 1. The molecule has 1 aliphatic rings. The Morgan fingerprint density at radius 1 is 1.31 bits per heavy atom. The van der Waals surface area contributed by atoms with Crippen LogP contribution in [0.3, 0.4) is 0 Å². The predicted octanol–water partition coefficient (Wildman–Crippen LogP) is 1.58. The van der Waals surface area contributed by atoms with Crippen molar-refractivity contribution in [2.45, 2.75) is 18.9 Å². The Morgan fingerprint density at radius 2 is 2.04 bits per heavy atom. The molecule has 0 saturated carbocycles. The summed E-state index contributed by atoms with van der Waals surface area (Å²) in [5.41, 5.74) is 7.45. The van der Waals surface area contributed by atoms with E-state index in [1.165, 1.54) is 23.3 Å². The van der Waals surface area contributed by atoms with Gasteiger partial charge in [0.05, 0.1) is 19.1 Å². The van der Waals surface area contributed by atoms with Crippen LogP contribution in [0.2, 0.25) is 0 Å². The fourth-order valence-electron chi connectivity index (χ4n) is 2.86. The van der Waals surface area contributed by atoms with Crippen LogP contribution < -0.4 is 16.0 Å². The molecule has 0 radical (unpaired) electrons. The van der Waals surface area contributed by atoms with Gasteiger partial charge in [0.2, 0.25) is 11.8 Å². The van der Waals surface area contributed by atoms with Gasteiger partial charge in [0.15, 0.2) is 0 Å². The summed E-state index contributed by atoms with van der Waals surface area (Å²) in [6.07, 6.45) is 0.668. The summed E-state index contributed by atoms with van der Waals surface area (Å²) >= 11 is 1.30. The maximum absolute atomic E-state index is 12.6. The maximum Gasteiger partial charge on any atom is 0.340 e. The first-order valence-electron chi connectivity index (χ1n) is 8.10. The predicted molar refractivity (Wildman–Crippen MR) is 99.1 cm³/mol. The van der Waals surface area contributed by atoms with Crippen LogP contribution in [0.4, 0.5) is 10.7 Å². The molecule has 1 saturated heterocycles. The molecule has 0 bridgehead atoms. The van der Waals surface area contributed by atoms with Crippen molar-refractivity contribution in [2.75, 3.05) is 24.3 Å². The van der Waals surface area contributed by atoms with E-state index in [0.29, 0.717) is 29.2 Å². The molecule has 1 aromatic carbocycles. The van der Waals surface area contributed by atoms with E-state index in [9.17, 15) is 14.4 Å². The second-order valence-corrected chi connectivity index (χ2v) is 6.84. The lowest BCUT2D eigenvalue weighted by Crippen LogP contribution is -2.42. The third-order valence-electron chi connectivity index (χ3n) is 4.18. The first kappa shape index (κ1) is 17.9. The number of amides is 2. The minimum atomic E-state index is -0.594. The van der Waals surface area contributed by atoms with Crippen LogP contribution in [0.1, 0.15) is 22.3 Å². The van der Waals surface area contributed by atoms with Gasteiger partial charge in [-0.2, -0.15) is 0 Å². The van der Waals surface area contributed by atoms with Gasteiger partial charge >= 0.3 is 5.97 Å². The van der Waals surface area contributed by atoms with Crippen LogP contribution in [0.15, 0.2) is 35.7 Å². The molecule has 0 spiro atoms. The van der Waals surface area contributed by atoms with Crippen LogP contribution in [0.5, 0.6) is 0 Å². The van der Waals surface area contributed by atoms with Crippen molar-refractivity contribution in [2.24, 2.45) is 0 Å². The number of ether oxygens (including phenoxy) is 1. The van der Waals surface area contributed by atoms with Gasteiger partial charge in [-0.25, -0.2) is 4.79 Å². The van der Waals surface area contributed by atoms with E-state index in [2.05, 4.69) is 5.32 Å². The van der Waals surface area contributed by atoms with E-state index in [1.54, 1.807) is 35.7 Å². The van der Waals surface area contributed by atoms with Crippen molar-refractivity contribution in [1.29, 1.82) is 0 Å². The van der Waals surface area contributed by atoms with E-state index >= 15 is 0 Å². The second kappa shape index (κ2) is 7.57. The third kappa shape index (κ3) is 3.70. The van der Waals surface area contributed by atoms with Gasteiger partial charge in [0.25, 0.3) is 0 Å². The average Bonchev–Trinajstić information content (AvgIpc) is 3.23. The smallest absolute Gasteiger partial charge is 0.340 e. The molecule has 2 aromatic rings. The maximum atomic E-state index is 12.6. The van der Waals surface area contributed by atoms with Gasteiger partial charge in [-0.15, -0.1) is 11.3 Å². The number of anilines is 2. The Morgan fingerprint density at radius 3 is 2.73 bits per heavy atom. The summed E-state index contributed by atoms with van der Waals surface area (Å²) in [7, 11) is 1.30. The van der Waals surface area contributed by atoms with E-state index in [-0.39, 0.29) is 18.2 Å². The van der Waals surface area contributed by atoms with Crippen LogP contribution in [-0.2, 0) is 20.7 Å². The summed E-state index contributed by atoms with van der Waals surface area (Å²) < 4.78 is 4.75. The van der Waals surface area contributed by atoms with E-state index in [0.717, 1.165) is 5.56 Å². The number of nitrogens with one attached hydrogen (secondary N) is 1. The highest BCUT2D eigenvalue weighted by atomic mass is 32.1. The molecule has 3 rings (SSSR count). The molecule has 2 heterocycles. The van der Waals surface area contributed by atoms with E-state index < -0.39 is 12.0 Å². The average molecular weight is 373 g/mol. The quantitative estimate of drug-likeness (QED) is 0.612. The van der Waals surface area contributed by atoms with Crippen molar-refractivity contribution in [3.05, 3.63) is 46.8 Å². The molecule has 1 atom stereocenters. The first-order chi connectivity index (χ1) is 12.5. The van der Waals surface area contributed by atoms with E-state index in [1.807, 2.05) is 0 Å². The Bertz CT molecular complexity index is 831. The molecule has 1 fully saturated rings. The van der Waals surface area contributed by atoms with Crippen molar-refractivity contribution in [3.8, 4) is 0 Å². The van der Waals surface area contributed by atoms with Crippen molar-refractivity contribution in [1.82, 2.24) is 5.32 Å². The summed E-state index contributed by atoms with van der Waals surface area (Å²) in [6.45, 7) is 0.441. The number of nitrogens with two attached hydrogens (primary N) is 1. The minimum absolute atomic E-state index is 0.177. The molecule has 136 valence electrons. The van der Waals surface area contributed by atoms with Crippen molar-refractivity contribution in [3.63, 3.8) is 0 Å². The molecule has 1 aliphatic heterocycles.